The number of nitrogens with zero attached hydrogens (tertiary/aromatic N) is 1. The minimum absolute atomic E-state index is 0.0296. The maximum atomic E-state index is 13.0. The first-order valence-corrected chi connectivity index (χ1v) is 10.8. The van der Waals surface area contributed by atoms with Crippen LogP contribution in [0.25, 0.3) is 0 Å². The van der Waals surface area contributed by atoms with Crippen molar-refractivity contribution in [3.8, 4) is 0 Å². The molecule has 0 spiro atoms. The molecule has 0 aromatic heterocycles. The molecular formula is C21H30ClN3O5. The first-order valence-electron chi connectivity index (χ1n) is 10.5. The van der Waals surface area contributed by atoms with Crippen LogP contribution < -0.4 is 10.6 Å². The first-order chi connectivity index (χ1) is 14.5. The number of fused-ring (bicyclic) bond motifs is 1. The predicted octanol–water partition coefficient (Wildman–Crippen LogP) is 2.40. The monoisotopic (exact) mass is 439 g/mol. The Labute approximate surface area is 181 Å². The number of rotatable bonds is 5. The molecule has 166 valence electrons. The van der Waals surface area contributed by atoms with Crippen LogP contribution in [-0.4, -0.2) is 72.6 Å². The van der Waals surface area contributed by atoms with E-state index in [0.29, 0.717) is 36.5 Å². The summed E-state index contributed by atoms with van der Waals surface area (Å²) in [6, 6.07) is 6.34. The summed E-state index contributed by atoms with van der Waals surface area (Å²) in [7, 11) is 0. The molecule has 3 rings (SSSR count). The Hall–Kier alpha value is -1.87. The van der Waals surface area contributed by atoms with Crippen molar-refractivity contribution in [2.45, 2.75) is 57.0 Å². The summed E-state index contributed by atoms with van der Waals surface area (Å²) < 4.78 is 11.7. The lowest BCUT2D eigenvalue weighted by atomic mass is 9.95. The fourth-order valence-electron chi connectivity index (χ4n) is 3.88. The third kappa shape index (κ3) is 6.31. The standard InChI is InChI=1S/C21H30ClN3O5/c1-2-8-23-20(27)10-17-6-7-18-19(30-17)13-29-12-16(26)11-25(18)21(28)24-15-5-3-4-14(22)9-15/h3-5,9,16-19,26H,2,6-8,10-13H2,1H3,(H,23,27)(H,24,28)/t16-,17+,18-,19+/m0/s1. The Balaban J connectivity index is 1.67. The van der Waals surface area contributed by atoms with E-state index in [2.05, 4.69) is 10.6 Å². The van der Waals surface area contributed by atoms with Crippen LogP contribution in [0.1, 0.15) is 32.6 Å². The van der Waals surface area contributed by atoms with Gasteiger partial charge in [0.05, 0.1) is 44.4 Å². The summed E-state index contributed by atoms with van der Waals surface area (Å²) >= 11 is 6.01. The molecule has 3 N–H and O–H groups in total. The number of hydrogen-bond donors (Lipinski definition) is 3. The number of carbonyl (C=O) groups is 2. The van der Waals surface area contributed by atoms with Gasteiger partial charge < -0.3 is 30.1 Å². The number of urea groups is 1. The van der Waals surface area contributed by atoms with E-state index in [1.54, 1.807) is 29.2 Å². The van der Waals surface area contributed by atoms with Gasteiger partial charge in [-0.2, -0.15) is 0 Å². The summed E-state index contributed by atoms with van der Waals surface area (Å²) in [6.07, 6.45) is 1.13. The van der Waals surface area contributed by atoms with E-state index in [9.17, 15) is 14.7 Å². The molecular weight excluding hydrogens is 410 g/mol. The second-order valence-electron chi connectivity index (χ2n) is 7.78. The predicted molar refractivity (Wildman–Crippen MR) is 114 cm³/mol. The SMILES string of the molecule is CCCNC(=O)C[C@H]1CC[C@H]2[C@@H](COC[C@@H](O)CN2C(=O)Nc2cccc(Cl)c2)O1. The van der Waals surface area contributed by atoms with Crippen LogP contribution in [0.4, 0.5) is 10.5 Å². The molecule has 4 atom stereocenters. The number of carbonyl (C=O) groups excluding carboxylic acids is 2. The van der Waals surface area contributed by atoms with E-state index < -0.39 is 6.10 Å². The molecule has 2 fully saturated rings. The number of hydrogen-bond acceptors (Lipinski definition) is 5. The first kappa shape index (κ1) is 22.8. The number of aliphatic hydroxyl groups is 1. The van der Waals surface area contributed by atoms with Gasteiger partial charge in [-0.25, -0.2) is 4.79 Å². The van der Waals surface area contributed by atoms with Crippen molar-refractivity contribution in [3.05, 3.63) is 29.3 Å². The lowest BCUT2D eigenvalue weighted by molar-refractivity contribution is -0.149. The fourth-order valence-corrected chi connectivity index (χ4v) is 4.07. The largest absolute Gasteiger partial charge is 0.389 e. The van der Waals surface area contributed by atoms with Gasteiger partial charge >= 0.3 is 6.03 Å². The number of benzene rings is 1. The quantitative estimate of drug-likeness (QED) is 0.654. The minimum atomic E-state index is -0.784. The highest BCUT2D eigenvalue weighted by molar-refractivity contribution is 6.30. The average Bonchev–Trinajstić information content (AvgIpc) is 2.69. The van der Waals surface area contributed by atoms with E-state index in [4.69, 9.17) is 21.1 Å². The molecule has 0 bridgehead atoms. The molecule has 0 radical (unpaired) electrons. The maximum absolute atomic E-state index is 13.0. The molecule has 30 heavy (non-hydrogen) atoms. The molecule has 0 saturated carbocycles. The zero-order valence-corrected chi connectivity index (χ0v) is 17.9. The van der Waals surface area contributed by atoms with E-state index >= 15 is 0 Å². The number of aliphatic hydroxyl groups excluding tert-OH is 1. The second kappa shape index (κ2) is 10.9. The third-order valence-corrected chi connectivity index (χ3v) is 5.54. The summed E-state index contributed by atoms with van der Waals surface area (Å²) in [5.41, 5.74) is 0.582. The van der Waals surface area contributed by atoms with Gasteiger partial charge in [-0.1, -0.05) is 24.6 Å². The van der Waals surface area contributed by atoms with E-state index in [0.717, 1.165) is 6.42 Å². The second-order valence-corrected chi connectivity index (χ2v) is 8.22. The molecule has 1 aromatic carbocycles. The number of β-amino-alcohol motifs (C(OH)–C–C–N with tert-alkyl or cyclic N) is 1. The molecule has 9 heteroatoms. The van der Waals surface area contributed by atoms with Crippen molar-refractivity contribution in [2.75, 3.05) is 31.6 Å². The summed E-state index contributed by atoms with van der Waals surface area (Å²) in [4.78, 5) is 26.7. The van der Waals surface area contributed by atoms with E-state index in [1.807, 2.05) is 6.92 Å². The minimum Gasteiger partial charge on any atom is -0.389 e. The number of halogens is 1. The van der Waals surface area contributed by atoms with Crippen molar-refractivity contribution in [1.82, 2.24) is 10.2 Å². The summed E-state index contributed by atoms with van der Waals surface area (Å²) in [6.45, 7) is 3.17. The van der Waals surface area contributed by atoms with Crippen LogP contribution in [0.3, 0.4) is 0 Å². The number of ether oxygens (including phenoxy) is 2. The number of nitrogens with one attached hydrogen (secondary N) is 2. The molecule has 0 aliphatic carbocycles. The highest BCUT2D eigenvalue weighted by Crippen LogP contribution is 2.28. The topological polar surface area (TPSA) is 100 Å². The zero-order valence-electron chi connectivity index (χ0n) is 17.2. The summed E-state index contributed by atoms with van der Waals surface area (Å²) in [5, 5.41) is 16.5. The number of anilines is 1. The molecule has 2 saturated heterocycles. The average molecular weight is 440 g/mol. The lowest BCUT2D eigenvalue weighted by Gasteiger charge is -2.44. The molecule has 2 aliphatic heterocycles. The van der Waals surface area contributed by atoms with Gasteiger partial charge in [0, 0.05) is 17.3 Å². The molecule has 3 amide bonds. The van der Waals surface area contributed by atoms with Crippen LogP contribution in [0.5, 0.6) is 0 Å². The molecule has 2 aliphatic rings. The fraction of sp³-hybridized carbons (Fsp3) is 0.619. The van der Waals surface area contributed by atoms with Gasteiger partial charge in [-0.05, 0) is 37.5 Å². The van der Waals surface area contributed by atoms with Crippen molar-refractivity contribution in [3.63, 3.8) is 0 Å². The van der Waals surface area contributed by atoms with Crippen LogP contribution in [-0.2, 0) is 14.3 Å². The highest BCUT2D eigenvalue weighted by atomic mass is 35.5. The van der Waals surface area contributed by atoms with Crippen molar-refractivity contribution in [2.24, 2.45) is 0 Å². The smallest absolute Gasteiger partial charge is 0.322 e. The normalized spacial score (nSPS) is 26.8. The van der Waals surface area contributed by atoms with Crippen LogP contribution in [0.15, 0.2) is 24.3 Å². The Morgan fingerprint density at radius 1 is 1.30 bits per heavy atom. The van der Waals surface area contributed by atoms with Gasteiger partial charge in [-0.3, -0.25) is 4.79 Å². The third-order valence-electron chi connectivity index (χ3n) is 5.30. The Morgan fingerprint density at radius 2 is 2.13 bits per heavy atom. The Morgan fingerprint density at radius 3 is 2.90 bits per heavy atom. The van der Waals surface area contributed by atoms with E-state index in [1.165, 1.54) is 0 Å². The highest BCUT2D eigenvalue weighted by Gasteiger charge is 2.40. The molecule has 2 heterocycles. The lowest BCUT2D eigenvalue weighted by Crippen LogP contribution is -2.58. The van der Waals surface area contributed by atoms with Gasteiger partial charge in [0.1, 0.15) is 6.10 Å². The maximum Gasteiger partial charge on any atom is 0.322 e. The molecule has 0 unspecified atom stereocenters. The number of amides is 3. The van der Waals surface area contributed by atoms with Crippen molar-refractivity contribution in [1.29, 1.82) is 0 Å². The van der Waals surface area contributed by atoms with Crippen molar-refractivity contribution < 1.29 is 24.2 Å². The molecule has 8 nitrogen and oxygen atoms in total. The van der Waals surface area contributed by atoms with Gasteiger partial charge in [-0.15, -0.1) is 0 Å². The van der Waals surface area contributed by atoms with E-state index in [-0.39, 0.29) is 49.9 Å². The van der Waals surface area contributed by atoms with Gasteiger partial charge in [0.15, 0.2) is 0 Å². The Kier molecular flexibility index (Phi) is 8.32. The van der Waals surface area contributed by atoms with Crippen LogP contribution in [0, 0.1) is 0 Å². The zero-order chi connectivity index (χ0) is 21.5. The molecule has 1 aromatic rings. The summed E-state index contributed by atoms with van der Waals surface area (Å²) in [5.74, 6) is -0.0296. The Bertz CT molecular complexity index is 734. The van der Waals surface area contributed by atoms with Crippen molar-refractivity contribution >= 4 is 29.2 Å². The van der Waals surface area contributed by atoms with Gasteiger partial charge in [0.25, 0.3) is 0 Å². The van der Waals surface area contributed by atoms with Crippen LogP contribution in [0.2, 0.25) is 5.02 Å². The van der Waals surface area contributed by atoms with Gasteiger partial charge in [0.2, 0.25) is 5.91 Å². The van der Waals surface area contributed by atoms with Crippen LogP contribution >= 0.6 is 11.6 Å².